The van der Waals surface area contributed by atoms with Gasteiger partial charge in [-0.3, -0.25) is 9.59 Å². The Morgan fingerprint density at radius 3 is 2.03 bits per heavy atom. The van der Waals surface area contributed by atoms with Crippen LogP contribution in [0.3, 0.4) is 0 Å². The molecule has 0 saturated carbocycles. The Kier molecular flexibility index (Phi) is 22.8. The Morgan fingerprint density at radius 1 is 0.816 bits per heavy atom. The minimum absolute atomic E-state index is 0.0762. The number of hydrogen-bond donors (Lipinski definition) is 2. The molecular formula is C30H59FN2O5. The number of alkyl halides is 1. The molecule has 0 bridgehead atoms. The molecule has 0 rings (SSSR count). The highest BCUT2D eigenvalue weighted by Crippen LogP contribution is 2.18. The van der Waals surface area contributed by atoms with Crippen molar-refractivity contribution >= 4 is 11.8 Å². The highest BCUT2D eigenvalue weighted by atomic mass is 19.1. The Morgan fingerprint density at radius 2 is 1.45 bits per heavy atom. The number of carbonyl (C=O) groups excluding carboxylic acids is 2. The summed E-state index contributed by atoms with van der Waals surface area (Å²) in [5.74, 6) is -0.381. The summed E-state index contributed by atoms with van der Waals surface area (Å²) in [6, 6.07) is 0. The summed E-state index contributed by atoms with van der Waals surface area (Å²) in [7, 11) is 0. The van der Waals surface area contributed by atoms with Gasteiger partial charge in [0.2, 0.25) is 11.8 Å². The molecule has 0 aromatic rings. The van der Waals surface area contributed by atoms with Gasteiger partial charge in [-0.05, 0) is 33.1 Å². The molecule has 2 amide bonds. The van der Waals surface area contributed by atoms with E-state index in [1.54, 1.807) is 13.8 Å². The maximum atomic E-state index is 14.6. The van der Waals surface area contributed by atoms with Crippen molar-refractivity contribution in [3.8, 4) is 0 Å². The standard InChI is InChI=1S/C30H59FN2O5/c1-7-10-12-14-17-26(18-15-13-11-8-2)37-24-28(34)32-19-20-36-21-22-38-30(5,6)27(31)23-33-29(35)25(4)16-9-3/h25-27H,7-24H2,1-6H3,(H,32,34)(H,33,35). The molecule has 0 aromatic heterocycles. The smallest absolute Gasteiger partial charge is 0.246 e. The summed E-state index contributed by atoms with van der Waals surface area (Å²) in [6.07, 6.45) is 12.2. The zero-order valence-corrected chi connectivity index (χ0v) is 25.4. The predicted octanol–water partition coefficient (Wildman–Crippen LogP) is 6.13. The van der Waals surface area contributed by atoms with E-state index < -0.39 is 11.8 Å². The van der Waals surface area contributed by atoms with Gasteiger partial charge in [-0.15, -0.1) is 0 Å². The number of carbonyl (C=O) groups is 2. The summed E-state index contributed by atoms with van der Waals surface area (Å²) >= 11 is 0. The maximum absolute atomic E-state index is 14.6. The average molecular weight is 547 g/mol. The van der Waals surface area contributed by atoms with Crippen molar-refractivity contribution < 1.29 is 28.2 Å². The van der Waals surface area contributed by atoms with E-state index in [9.17, 15) is 14.0 Å². The quantitative estimate of drug-likeness (QED) is 0.127. The molecule has 0 aliphatic heterocycles. The zero-order chi connectivity index (χ0) is 28.7. The van der Waals surface area contributed by atoms with E-state index in [0.717, 1.165) is 38.5 Å². The first-order valence-electron chi connectivity index (χ1n) is 15.2. The number of unbranched alkanes of at least 4 members (excludes halogenated alkanes) is 6. The van der Waals surface area contributed by atoms with Crippen LogP contribution in [0, 0.1) is 5.92 Å². The van der Waals surface area contributed by atoms with Crippen LogP contribution in [0.25, 0.3) is 0 Å². The van der Waals surface area contributed by atoms with Gasteiger partial charge < -0.3 is 24.8 Å². The predicted molar refractivity (Wildman–Crippen MR) is 153 cm³/mol. The number of nitrogens with one attached hydrogen (secondary N) is 2. The molecule has 0 saturated heterocycles. The van der Waals surface area contributed by atoms with Crippen LogP contribution in [-0.4, -0.2) is 69.2 Å². The van der Waals surface area contributed by atoms with Crippen LogP contribution in [0.5, 0.6) is 0 Å². The maximum Gasteiger partial charge on any atom is 0.246 e. The van der Waals surface area contributed by atoms with Crippen molar-refractivity contribution in [2.75, 3.05) is 39.5 Å². The third-order valence-corrected chi connectivity index (χ3v) is 6.86. The lowest BCUT2D eigenvalue weighted by Gasteiger charge is -2.29. The summed E-state index contributed by atoms with van der Waals surface area (Å²) in [4.78, 5) is 24.2. The second-order valence-corrected chi connectivity index (χ2v) is 10.9. The molecule has 0 aliphatic rings. The Balaban J connectivity index is 4.05. The summed E-state index contributed by atoms with van der Waals surface area (Å²) in [5, 5.41) is 5.50. The first kappa shape index (κ1) is 36.8. The number of amides is 2. The van der Waals surface area contributed by atoms with Crippen molar-refractivity contribution in [2.45, 2.75) is 136 Å². The van der Waals surface area contributed by atoms with Gasteiger partial charge >= 0.3 is 0 Å². The first-order chi connectivity index (χ1) is 18.2. The normalized spacial score (nSPS) is 13.5. The van der Waals surface area contributed by atoms with E-state index in [1.165, 1.54) is 38.5 Å². The fraction of sp³-hybridized carbons (Fsp3) is 0.933. The minimum Gasteiger partial charge on any atom is -0.377 e. The molecule has 7 nitrogen and oxygen atoms in total. The van der Waals surface area contributed by atoms with E-state index in [0.29, 0.717) is 19.8 Å². The van der Waals surface area contributed by atoms with Gasteiger partial charge in [0.15, 0.2) is 0 Å². The molecule has 0 heterocycles. The van der Waals surface area contributed by atoms with Crippen molar-refractivity contribution in [2.24, 2.45) is 5.92 Å². The molecule has 2 atom stereocenters. The molecule has 8 heteroatoms. The van der Waals surface area contributed by atoms with E-state index in [-0.39, 0.29) is 43.6 Å². The second-order valence-electron chi connectivity index (χ2n) is 10.9. The number of ether oxygens (including phenoxy) is 3. The number of rotatable bonds is 26. The van der Waals surface area contributed by atoms with Crippen LogP contribution in [-0.2, 0) is 23.8 Å². The van der Waals surface area contributed by atoms with Crippen LogP contribution in [0.15, 0.2) is 0 Å². The van der Waals surface area contributed by atoms with Crippen molar-refractivity contribution in [1.29, 1.82) is 0 Å². The monoisotopic (exact) mass is 546 g/mol. The third-order valence-electron chi connectivity index (χ3n) is 6.86. The van der Waals surface area contributed by atoms with Gasteiger partial charge in [-0.1, -0.05) is 85.5 Å². The topological polar surface area (TPSA) is 85.9 Å². The molecule has 2 unspecified atom stereocenters. The van der Waals surface area contributed by atoms with Crippen LogP contribution >= 0.6 is 0 Å². The van der Waals surface area contributed by atoms with Crippen LogP contribution in [0.2, 0.25) is 0 Å². The first-order valence-corrected chi connectivity index (χ1v) is 15.2. The third kappa shape index (κ3) is 19.8. The van der Waals surface area contributed by atoms with Gasteiger partial charge in [0.25, 0.3) is 0 Å². The molecule has 0 aliphatic carbocycles. The largest absolute Gasteiger partial charge is 0.377 e. The van der Waals surface area contributed by atoms with Crippen molar-refractivity contribution in [3.63, 3.8) is 0 Å². The van der Waals surface area contributed by atoms with Crippen molar-refractivity contribution in [3.05, 3.63) is 0 Å². The Hall–Kier alpha value is -1.25. The zero-order valence-electron chi connectivity index (χ0n) is 25.4. The molecule has 38 heavy (non-hydrogen) atoms. The molecule has 0 radical (unpaired) electrons. The van der Waals surface area contributed by atoms with E-state index >= 15 is 0 Å². The Labute approximate surface area is 232 Å². The van der Waals surface area contributed by atoms with Crippen LogP contribution in [0.1, 0.15) is 119 Å². The minimum atomic E-state index is -1.33. The van der Waals surface area contributed by atoms with Gasteiger partial charge in [0.05, 0.1) is 38.1 Å². The SMILES string of the molecule is CCCCCCC(CCCCCC)OCC(=O)NCCOCCOC(C)(C)C(F)CNC(=O)C(C)CCC. The van der Waals surface area contributed by atoms with Crippen LogP contribution in [0.4, 0.5) is 4.39 Å². The van der Waals surface area contributed by atoms with E-state index in [2.05, 4.69) is 24.5 Å². The fourth-order valence-corrected chi connectivity index (χ4v) is 4.15. The lowest BCUT2D eigenvalue weighted by atomic mass is 10.0. The lowest BCUT2D eigenvalue weighted by molar-refractivity contribution is -0.128. The second kappa shape index (κ2) is 23.6. The molecular weight excluding hydrogens is 487 g/mol. The highest BCUT2D eigenvalue weighted by molar-refractivity contribution is 5.78. The van der Waals surface area contributed by atoms with Crippen LogP contribution < -0.4 is 10.6 Å². The van der Waals surface area contributed by atoms with Gasteiger partial charge in [-0.2, -0.15) is 0 Å². The molecule has 0 fully saturated rings. The van der Waals surface area contributed by atoms with E-state index in [1.807, 2.05) is 13.8 Å². The summed E-state index contributed by atoms with van der Waals surface area (Å²) < 4.78 is 31.7. The number of hydrogen-bond acceptors (Lipinski definition) is 5. The molecule has 2 N–H and O–H groups in total. The lowest BCUT2D eigenvalue weighted by Crippen LogP contribution is -2.45. The molecule has 226 valence electrons. The van der Waals surface area contributed by atoms with E-state index in [4.69, 9.17) is 14.2 Å². The van der Waals surface area contributed by atoms with Gasteiger partial charge in [0, 0.05) is 12.5 Å². The number of halogens is 1. The van der Waals surface area contributed by atoms with Gasteiger partial charge in [0.1, 0.15) is 12.8 Å². The van der Waals surface area contributed by atoms with Gasteiger partial charge in [-0.25, -0.2) is 4.39 Å². The molecule has 0 spiro atoms. The molecule has 0 aromatic carbocycles. The highest BCUT2D eigenvalue weighted by Gasteiger charge is 2.31. The van der Waals surface area contributed by atoms with Crippen molar-refractivity contribution in [1.82, 2.24) is 10.6 Å². The average Bonchev–Trinajstić information content (AvgIpc) is 2.89. The summed E-state index contributed by atoms with van der Waals surface area (Å²) in [5.41, 5.74) is -1.04. The Bertz CT molecular complexity index is 579. The summed E-state index contributed by atoms with van der Waals surface area (Å²) in [6.45, 7) is 12.9. The fourth-order valence-electron chi connectivity index (χ4n) is 4.15.